The Morgan fingerprint density at radius 3 is 2.44 bits per heavy atom. The molecule has 1 aromatic carbocycles. The van der Waals surface area contributed by atoms with Crippen LogP contribution in [0.5, 0.6) is 0 Å². The molecule has 0 N–H and O–H groups in total. The molecule has 0 radical (unpaired) electrons. The van der Waals surface area contributed by atoms with Crippen molar-refractivity contribution in [2.45, 2.75) is 33.6 Å². The van der Waals surface area contributed by atoms with Crippen molar-refractivity contribution in [3.8, 4) is 0 Å². The van der Waals surface area contributed by atoms with Gasteiger partial charge in [0, 0.05) is 7.05 Å². The number of unbranched alkanes of at least 4 members (excludes halogenated alkanes) is 1. The van der Waals surface area contributed by atoms with E-state index in [1.165, 1.54) is 17.4 Å². The molecule has 1 aromatic heterocycles. The Kier molecular flexibility index (Phi) is 4.35. The van der Waals surface area contributed by atoms with Crippen LogP contribution in [0.15, 0.2) is 27.4 Å². The topological polar surface area (TPSA) is 35.1 Å². The van der Waals surface area contributed by atoms with Gasteiger partial charge in [0.1, 0.15) is 0 Å². The number of fused-ring (bicyclic) bond motifs is 1. The van der Waals surface area contributed by atoms with Crippen molar-refractivity contribution in [1.29, 1.82) is 0 Å². The molecule has 0 spiro atoms. The van der Waals surface area contributed by atoms with Crippen molar-refractivity contribution in [2.24, 2.45) is 7.05 Å². The molecule has 0 amide bonds. The predicted molar refractivity (Wildman–Crippen MR) is 66.8 cm³/mol. The van der Waals surface area contributed by atoms with E-state index < -0.39 is 0 Å². The van der Waals surface area contributed by atoms with E-state index in [-0.39, 0.29) is 5.76 Å². The summed E-state index contributed by atoms with van der Waals surface area (Å²) >= 11 is 0. The van der Waals surface area contributed by atoms with E-state index >= 15 is 0 Å². The van der Waals surface area contributed by atoms with Gasteiger partial charge in [0.25, 0.3) is 0 Å². The lowest BCUT2D eigenvalue weighted by molar-refractivity contribution is 0.528. The van der Waals surface area contributed by atoms with Gasteiger partial charge in [-0.3, -0.25) is 4.57 Å². The molecule has 88 valence electrons. The summed E-state index contributed by atoms with van der Waals surface area (Å²) in [6.45, 7) is 6.33. The molecule has 0 aliphatic carbocycles. The van der Waals surface area contributed by atoms with Crippen LogP contribution in [0.1, 0.15) is 32.3 Å². The quantitative estimate of drug-likeness (QED) is 0.741. The molecule has 0 saturated heterocycles. The standard InChI is InChI=1S/C9H9NO2.C4H10/c1-6-3-4-7-8(5-6)12-9(11)10(7)2;1-3-4-2/h3-5H,1-2H3;3-4H2,1-2H3. The summed E-state index contributed by atoms with van der Waals surface area (Å²) in [7, 11) is 1.70. The van der Waals surface area contributed by atoms with E-state index in [0.717, 1.165) is 11.1 Å². The number of hydrogen-bond acceptors (Lipinski definition) is 2. The lowest BCUT2D eigenvalue weighted by Crippen LogP contribution is -2.08. The Bertz CT molecular complexity index is 506. The molecule has 0 aliphatic heterocycles. The first-order chi connectivity index (χ1) is 7.60. The van der Waals surface area contributed by atoms with Crippen LogP contribution in [-0.4, -0.2) is 4.57 Å². The van der Waals surface area contributed by atoms with Gasteiger partial charge in [-0.15, -0.1) is 0 Å². The van der Waals surface area contributed by atoms with Crippen molar-refractivity contribution in [3.63, 3.8) is 0 Å². The molecule has 0 unspecified atom stereocenters. The predicted octanol–water partition coefficient (Wildman–Crippen LogP) is 3.25. The number of aromatic nitrogens is 1. The zero-order valence-electron chi connectivity index (χ0n) is 10.4. The molecule has 0 fully saturated rings. The Hall–Kier alpha value is -1.51. The smallest absolute Gasteiger partial charge is 0.408 e. The molecule has 3 nitrogen and oxygen atoms in total. The third kappa shape index (κ3) is 2.75. The second-order valence-electron chi connectivity index (χ2n) is 3.90. The van der Waals surface area contributed by atoms with E-state index in [2.05, 4.69) is 13.8 Å². The average molecular weight is 221 g/mol. The number of rotatable bonds is 1. The van der Waals surface area contributed by atoms with E-state index in [1.807, 2.05) is 25.1 Å². The molecule has 0 aliphatic rings. The van der Waals surface area contributed by atoms with Crippen LogP contribution in [0.2, 0.25) is 0 Å². The van der Waals surface area contributed by atoms with Crippen LogP contribution in [0, 0.1) is 6.92 Å². The number of nitrogens with zero attached hydrogens (tertiary/aromatic N) is 1. The van der Waals surface area contributed by atoms with Gasteiger partial charge < -0.3 is 4.42 Å². The first-order valence-electron chi connectivity index (χ1n) is 5.66. The summed E-state index contributed by atoms with van der Waals surface area (Å²) in [6, 6.07) is 5.70. The Labute approximate surface area is 95.7 Å². The second-order valence-corrected chi connectivity index (χ2v) is 3.90. The van der Waals surface area contributed by atoms with Gasteiger partial charge in [0.05, 0.1) is 5.52 Å². The zero-order valence-corrected chi connectivity index (χ0v) is 10.4. The van der Waals surface area contributed by atoms with Gasteiger partial charge in [-0.2, -0.15) is 0 Å². The Morgan fingerprint density at radius 2 is 1.88 bits per heavy atom. The minimum Gasteiger partial charge on any atom is -0.408 e. The minimum atomic E-state index is -0.310. The molecular formula is C13H19NO2. The van der Waals surface area contributed by atoms with Gasteiger partial charge in [0.2, 0.25) is 0 Å². The molecule has 1 heterocycles. The maximum absolute atomic E-state index is 11.0. The summed E-state index contributed by atoms with van der Waals surface area (Å²) in [6.07, 6.45) is 2.64. The van der Waals surface area contributed by atoms with E-state index in [0.29, 0.717) is 5.58 Å². The highest BCUT2D eigenvalue weighted by Crippen LogP contribution is 2.12. The lowest BCUT2D eigenvalue weighted by Gasteiger charge is -1.91. The van der Waals surface area contributed by atoms with E-state index in [4.69, 9.17) is 4.42 Å². The van der Waals surface area contributed by atoms with Crippen molar-refractivity contribution in [1.82, 2.24) is 4.57 Å². The fourth-order valence-corrected chi connectivity index (χ4v) is 1.24. The first kappa shape index (κ1) is 12.6. The molecule has 0 bridgehead atoms. The van der Waals surface area contributed by atoms with E-state index in [9.17, 15) is 4.79 Å². The summed E-state index contributed by atoms with van der Waals surface area (Å²) < 4.78 is 6.48. The third-order valence-corrected chi connectivity index (χ3v) is 2.45. The van der Waals surface area contributed by atoms with Gasteiger partial charge in [-0.25, -0.2) is 4.79 Å². The van der Waals surface area contributed by atoms with Gasteiger partial charge in [0.15, 0.2) is 5.58 Å². The number of benzene rings is 1. The largest absolute Gasteiger partial charge is 0.419 e. The number of aryl methyl sites for hydroxylation is 2. The average Bonchev–Trinajstić information content (AvgIpc) is 2.55. The molecule has 0 saturated carbocycles. The van der Waals surface area contributed by atoms with Crippen LogP contribution in [0.3, 0.4) is 0 Å². The van der Waals surface area contributed by atoms with Crippen LogP contribution >= 0.6 is 0 Å². The molecule has 3 heteroatoms. The normalized spacial score (nSPS) is 10.0. The van der Waals surface area contributed by atoms with Crippen LogP contribution in [-0.2, 0) is 7.05 Å². The fraction of sp³-hybridized carbons (Fsp3) is 0.462. The Balaban J connectivity index is 0.000000280. The van der Waals surface area contributed by atoms with Crippen molar-refractivity contribution >= 4 is 11.1 Å². The highest BCUT2D eigenvalue weighted by atomic mass is 16.4. The van der Waals surface area contributed by atoms with Gasteiger partial charge in [-0.05, 0) is 24.6 Å². The van der Waals surface area contributed by atoms with Crippen LogP contribution in [0.4, 0.5) is 0 Å². The molecule has 0 atom stereocenters. The maximum atomic E-state index is 11.0. The van der Waals surface area contributed by atoms with Gasteiger partial charge in [-0.1, -0.05) is 32.8 Å². The highest BCUT2D eigenvalue weighted by molar-refractivity contribution is 5.73. The van der Waals surface area contributed by atoms with Crippen LogP contribution < -0.4 is 5.76 Å². The second kappa shape index (κ2) is 5.54. The lowest BCUT2D eigenvalue weighted by atomic mass is 10.2. The summed E-state index contributed by atoms with van der Waals surface area (Å²) in [5.41, 5.74) is 2.59. The van der Waals surface area contributed by atoms with Gasteiger partial charge >= 0.3 is 5.76 Å². The Morgan fingerprint density at radius 1 is 1.25 bits per heavy atom. The molecule has 2 aromatic rings. The third-order valence-electron chi connectivity index (χ3n) is 2.45. The van der Waals surface area contributed by atoms with Crippen molar-refractivity contribution in [2.75, 3.05) is 0 Å². The first-order valence-corrected chi connectivity index (χ1v) is 5.66. The summed E-state index contributed by atoms with van der Waals surface area (Å²) in [5, 5.41) is 0. The van der Waals surface area contributed by atoms with E-state index in [1.54, 1.807) is 7.05 Å². The summed E-state index contributed by atoms with van der Waals surface area (Å²) in [4.78, 5) is 11.0. The minimum absolute atomic E-state index is 0.310. The fourth-order valence-electron chi connectivity index (χ4n) is 1.24. The maximum Gasteiger partial charge on any atom is 0.419 e. The number of oxazole rings is 1. The van der Waals surface area contributed by atoms with Crippen molar-refractivity contribution in [3.05, 3.63) is 34.3 Å². The van der Waals surface area contributed by atoms with Crippen molar-refractivity contribution < 1.29 is 4.42 Å². The highest BCUT2D eigenvalue weighted by Gasteiger charge is 2.03. The summed E-state index contributed by atoms with van der Waals surface area (Å²) in [5.74, 6) is -0.310. The SMILES string of the molecule is CCCC.Cc1ccc2c(c1)oc(=O)n2C. The molecule has 16 heavy (non-hydrogen) atoms. The zero-order chi connectivity index (χ0) is 12.1. The molecular weight excluding hydrogens is 202 g/mol. The number of hydrogen-bond donors (Lipinski definition) is 0. The monoisotopic (exact) mass is 221 g/mol. The van der Waals surface area contributed by atoms with Crippen LogP contribution in [0.25, 0.3) is 11.1 Å². The molecule has 2 rings (SSSR count).